The van der Waals surface area contributed by atoms with Gasteiger partial charge in [-0.15, -0.1) is 0 Å². The summed E-state index contributed by atoms with van der Waals surface area (Å²) in [7, 11) is 0. The molecule has 104 valence electrons. The normalized spacial score (nSPS) is 23.2. The van der Waals surface area contributed by atoms with Crippen LogP contribution in [0.4, 0.5) is 9.18 Å². The monoisotopic (exact) mass is 267 g/mol. The molecule has 0 spiro atoms. The van der Waals surface area contributed by atoms with Gasteiger partial charge in [0.2, 0.25) is 0 Å². The van der Waals surface area contributed by atoms with Gasteiger partial charge >= 0.3 is 6.03 Å². The maximum Gasteiger partial charge on any atom is 0.317 e. The second-order valence-corrected chi connectivity index (χ2v) is 4.87. The number of nitrogens with one attached hydrogen (secondary N) is 1. The van der Waals surface area contributed by atoms with Gasteiger partial charge in [0, 0.05) is 19.3 Å². The molecule has 1 aromatic heterocycles. The Morgan fingerprint density at radius 3 is 3.16 bits per heavy atom. The summed E-state index contributed by atoms with van der Waals surface area (Å²) >= 11 is 0. The Morgan fingerprint density at radius 2 is 2.47 bits per heavy atom. The summed E-state index contributed by atoms with van der Waals surface area (Å²) in [4.78, 5) is 17.3. The number of aliphatic hydroxyl groups excluding tert-OH is 1. The predicted molar refractivity (Wildman–Crippen MR) is 67.8 cm³/mol. The molecule has 0 saturated carbocycles. The van der Waals surface area contributed by atoms with Crippen molar-refractivity contribution >= 4 is 6.03 Å². The Bertz CT molecular complexity index is 455. The third-order valence-electron chi connectivity index (χ3n) is 3.45. The number of amides is 2. The third-order valence-corrected chi connectivity index (χ3v) is 3.45. The fraction of sp³-hybridized carbons (Fsp3) is 0.538. The Kier molecular flexibility index (Phi) is 4.31. The first-order valence-electron chi connectivity index (χ1n) is 6.38. The Balaban J connectivity index is 1.87. The number of carbonyl (C=O) groups excluding carboxylic acids is 1. The van der Waals surface area contributed by atoms with Crippen molar-refractivity contribution in [2.45, 2.75) is 26.0 Å². The molecule has 0 radical (unpaired) electrons. The van der Waals surface area contributed by atoms with Crippen LogP contribution in [-0.2, 0) is 6.54 Å². The molecule has 2 atom stereocenters. The number of urea groups is 1. The van der Waals surface area contributed by atoms with Gasteiger partial charge in [-0.3, -0.25) is 4.98 Å². The van der Waals surface area contributed by atoms with E-state index in [0.29, 0.717) is 13.1 Å². The molecule has 0 aliphatic carbocycles. The summed E-state index contributed by atoms with van der Waals surface area (Å²) in [6, 6.07) is 2.51. The second kappa shape index (κ2) is 5.97. The maximum absolute atomic E-state index is 13.3. The SMILES string of the molecule is CC1CCN(C(=O)NCc2ncccc2F)CC1O. The zero-order valence-electron chi connectivity index (χ0n) is 10.8. The van der Waals surface area contributed by atoms with E-state index in [1.165, 1.54) is 18.3 Å². The van der Waals surface area contributed by atoms with Gasteiger partial charge in [0.05, 0.1) is 18.3 Å². The molecule has 6 heteroatoms. The van der Waals surface area contributed by atoms with Crippen LogP contribution in [0.1, 0.15) is 19.0 Å². The molecule has 1 fully saturated rings. The van der Waals surface area contributed by atoms with Crippen molar-refractivity contribution in [1.29, 1.82) is 0 Å². The standard InChI is InChI=1S/C13H18FN3O2/c1-9-4-6-17(8-12(9)18)13(19)16-7-11-10(14)3-2-5-15-11/h2-3,5,9,12,18H,4,6-8H2,1H3,(H,16,19). The number of aliphatic hydroxyl groups is 1. The molecule has 1 aliphatic heterocycles. The molecule has 1 aliphatic rings. The van der Waals surface area contributed by atoms with Crippen molar-refractivity contribution < 1.29 is 14.3 Å². The Hall–Kier alpha value is -1.69. The number of carbonyl (C=O) groups is 1. The lowest BCUT2D eigenvalue weighted by Gasteiger charge is -2.34. The van der Waals surface area contributed by atoms with Crippen molar-refractivity contribution in [1.82, 2.24) is 15.2 Å². The van der Waals surface area contributed by atoms with E-state index in [0.717, 1.165) is 6.42 Å². The lowest BCUT2D eigenvalue weighted by Crippen LogP contribution is -2.49. The van der Waals surface area contributed by atoms with Crippen LogP contribution in [0.25, 0.3) is 0 Å². The molecular weight excluding hydrogens is 249 g/mol. The molecule has 0 bridgehead atoms. The van der Waals surface area contributed by atoms with E-state index >= 15 is 0 Å². The van der Waals surface area contributed by atoms with E-state index in [1.807, 2.05) is 6.92 Å². The van der Waals surface area contributed by atoms with Crippen LogP contribution in [-0.4, -0.2) is 40.2 Å². The fourth-order valence-electron chi connectivity index (χ4n) is 2.05. The molecule has 0 aromatic carbocycles. The molecule has 5 nitrogen and oxygen atoms in total. The van der Waals surface area contributed by atoms with Crippen molar-refractivity contribution in [2.75, 3.05) is 13.1 Å². The summed E-state index contributed by atoms with van der Waals surface area (Å²) in [5.41, 5.74) is 0.210. The Morgan fingerprint density at radius 1 is 1.68 bits per heavy atom. The van der Waals surface area contributed by atoms with Crippen molar-refractivity contribution in [3.8, 4) is 0 Å². The minimum Gasteiger partial charge on any atom is -0.391 e. The lowest BCUT2D eigenvalue weighted by molar-refractivity contribution is 0.0435. The average Bonchev–Trinajstić information content (AvgIpc) is 2.40. The first kappa shape index (κ1) is 13.7. The van der Waals surface area contributed by atoms with E-state index < -0.39 is 11.9 Å². The number of piperidine rings is 1. The smallest absolute Gasteiger partial charge is 0.317 e. The fourth-order valence-corrected chi connectivity index (χ4v) is 2.05. The number of hydrogen-bond donors (Lipinski definition) is 2. The van der Waals surface area contributed by atoms with Crippen molar-refractivity contribution in [2.24, 2.45) is 5.92 Å². The molecule has 2 unspecified atom stereocenters. The molecule has 2 rings (SSSR count). The summed E-state index contributed by atoms with van der Waals surface area (Å²) in [5, 5.41) is 12.4. The molecule has 2 amide bonds. The van der Waals surface area contributed by atoms with Crippen LogP contribution in [0, 0.1) is 11.7 Å². The van der Waals surface area contributed by atoms with Gasteiger partial charge in [-0.2, -0.15) is 0 Å². The zero-order valence-corrected chi connectivity index (χ0v) is 10.8. The molecule has 19 heavy (non-hydrogen) atoms. The van der Waals surface area contributed by atoms with Gasteiger partial charge in [-0.1, -0.05) is 6.92 Å². The van der Waals surface area contributed by atoms with Gasteiger partial charge in [0.1, 0.15) is 5.82 Å². The highest BCUT2D eigenvalue weighted by molar-refractivity contribution is 5.74. The largest absolute Gasteiger partial charge is 0.391 e. The number of pyridine rings is 1. The number of halogens is 1. The van der Waals surface area contributed by atoms with Crippen LogP contribution in [0.5, 0.6) is 0 Å². The highest BCUT2D eigenvalue weighted by Gasteiger charge is 2.27. The number of nitrogens with zero attached hydrogens (tertiary/aromatic N) is 2. The van der Waals surface area contributed by atoms with Crippen molar-refractivity contribution in [3.05, 3.63) is 29.8 Å². The van der Waals surface area contributed by atoms with E-state index in [2.05, 4.69) is 10.3 Å². The maximum atomic E-state index is 13.3. The zero-order chi connectivity index (χ0) is 13.8. The summed E-state index contributed by atoms with van der Waals surface area (Å²) in [6.45, 7) is 2.93. The van der Waals surface area contributed by atoms with Gasteiger partial charge in [-0.05, 0) is 24.5 Å². The minimum absolute atomic E-state index is 0.0493. The molecule has 2 heterocycles. The van der Waals surface area contributed by atoms with Crippen LogP contribution < -0.4 is 5.32 Å². The van der Waals surface area contributed by atoms with Gasteiger partial charge < -0.3 is 15.3 Å². The number of hydrogen-bond acceptors (Lipinski definition) is 3. The van der Waals surface area contributed by atoms with Crippen LogP contribution >= 0.6 is 0 Å². The summed E-state index contributed by atoms with van der Waals surface area (Å²) in [6.07, 6.45) is 1.76. The second-order valence-electron chi connectivity index (χ2n) is 4.87. The molecule has 1 saturated heterocycles. The number of rotatable bonds is 2. The van der Waals surface area contributed by atoms with E-state index in [4.69, 9.17) is 0 Å². The number of likely N-dealkylation sites (tertiary alicyclic amines) is 1. The number of aromatic nitrogens is 1. The summed E-state index contributed by atoms with van der Waals surface area (Å²) < 4.78 is 13.3. The first-order valence-corrected chi connectivity index (χ1v) is 6.38. The van der Waals surface area contributed by atoms with Crippen LogP contribution in [0.15, 0.2) is 18.3 Å². The van der Waals surface area contributed by atoms with Gasteiger partial charge in [0.25, 0.3) is 0 Å². The quantitative estimate of drug-likeness (QED) is 0.844. The van der Waals surface area contributed by atoms with Crippen LogP contribution in [0.3, 0.4) is 0 Å². The summed E-state index contributed by atoms with van der Waals surface area (Å²) in [5.74, 6) is -0.229. The van der Waals surface area contributed by atoms with E-state index in [1.54, 1.807) is 4.90 Å². The predicted octanol–water partition coefficient (Wildman–Crippen LogP) is 1.13. The van der Waals surface area contributed by atoms with E-state index in [-0.39, 0.29) is 24.2 Å². The molecule has 2 N–H and O–H groups in total. The lowest BCUT2D eigenvalue weighted by atomic mass is 9.96. The first-order chi connectivity index (χ1) is 9.08. The van der Waals surface area contributed by atoms with Gasteiger partial charge in [0.15, 0.2) is 0 Å². The van der Waals surface area contributed by atoms with Crippen molar-refractivity contribution in [3.63, 3.8) is 0 Å². The topological polar surface area (TPSA) is 65.5 Å². The average molecular weight is 267 g/mol. The van der Waals surface area contributed by atoms with Crippen LogP contribution in [0.2, 0.25) is 0 Å². The molecule has 1 aromatic rings. The highest BCUT2D eigenvalue weighted by Crippen LogP contribution is 2.16. The Labute approximate surface area is 111 Å². The number of β-amino-alcohol motifs (C(OH)–C–C–N with tert-alkyl or cyclic N) is 1. The third kappa shape index (κ3) is 3.41. The highest BCUT2D eigenvalue weighted by atomic mass is 19.1. The van der Waals surface area contributed by atoms with E-state index in [9.17, 15) is 14.3 Å². The molecular formula is C13H18FN3O2. The van der Waals surface area contributed by atoms with Gasteiger partial charge in [-0.25, -0.2) is 9.18 Å². The minimum atomic E-state index is -0.494.